The number of hydrogen-bond acceptors (Lipinski definition) is 3. The quantitative estimate of drug-likeness (QED) is 0.740. The van der Waals surface area contributed by atoms with Gasteiger partial charge in [0, 0.05) is 12.2 Å². The highest BCUT2D eigenvalue weighted by Crippen LogP contribution is 2.28. The van der Waals surface area contributed by atoms with E-state index in [4.69, 9.17) is 9.47 Å². The Morgan fingerprint density at radius 1 is 1.16 bits per heavy atom. The molecular weight excluding hydrogens is 238 g/mol. The molecule has 0 saturated heterocycles. The molecule has 1 rings (SSSR count). The van der Waals surface area contributed by atoms with E-state index in [2.05, 4.69) is 38.2 Å². The van der Waals surface area contributed by atoms with Crippen LogP contribution in [0.1, 0.15) is 45.7 Å². The third kappa shape index (κ3) is 4.84. The molecule has 0 radical (unpaired) electrons. The number of nitrogens with one attached hydrogen (secondary N) is 1. The molecule has 0 aromatic heterocycles. The maximum absolute atomic E-state index is 5.85. The molecule has 3 nitrogen and oxygen atoms in total. The van der Waals surface area contributed by atoms with Crippen molar-refractivity contribution >= 4 is 0 Å². The minimum Gasteiger partial charge on any atom is -0.493 e. The van der Waals surface area contributed by atoms with Gasteiger partial charge in [-0.3, -0.25) is 0 Å². The van der Waals surface area contributed by atoms with Gasteiger partial charge < -0.3 is 14.8 Å². The number of para-hydroxylation sites is 1. The topological polar surface area (TPSA) is 30.5 Å². The molecule has 2 unspecified atom stereocenters. The normalized spacial score (nSPS) is 14.1. The smallest absolute Gasteiger partial charge is 0.124 e. The predicted molar refractivity (Wildman–Crippen MR) is 79.7 cm³/mol. The lowest BCUT2D eigenvalue weighted by Gasteiger charge is -2.26. The molecule has 0 amide bonds. The SMILES string of the molecule is CCCOc1ccccc1C(NCC)C(C)OCC. The summed E-state index contributed by atoms with van der Waals surface area (Å²) >= 11 is 0. The number of rotatable bonds is 9. The Hall–Kier alpha value is -1.06. The Balaban J connectivity index is 2.93. The minimum absolute atomic E-state index is 0.122. The minimum atomic E-state index is 0.122. The Kier molecular flexibility index (Phi) is 7.53. The molecular formula is C16H27NO2. The molecule has 0 bridgehead atoms. The van der Waals surface area contributed by atoms with Gasteiger partial charge in [0.25, 0.3) is 0 Å². The van der Waals surface area contributed by atoms with E-state index in [0.29, 0.717) is 0 Å². The highest BCUT2D eigenvalue weighted by molar-refractivity contribution is 5.36. The van der Waals surface area contributed by atoms with Gasteiger partial charge >= 0.3 is 0 Å². The molecule has 1 N–H and O–H groups in total. The molecule has 3 heteroatoms. The average Bonchev–Trinajstić information content (AvgIpc) is 2.43. The first-order valence-corrected chi connectivity index (χ1v) is 7.31. The van der Waals surface area contributed by atoms with Crippen molar-refractivity contribution in [1.29, 1.82) is 0 Å². The predicted octanol–water partition coefficient (Wildman–Crippen LogP) is 3.55. The van der Waals surface area contributed by atoms with Gasteiger partial charge in [-0.15, -0.1) is 0 Å². The largest absolute Gasteiger partial charge is 0.493 e. The summed E-state index contributed by atoms with van der Waals surface area (Å²) in [4.78, 5) is 0. The number of ether oxygens (including phenoxy) is 2. The van der Waals surface area contributed by atoms with Gasteiger partial charge in [0.1, 0.15) is 5.75 Å². The maximum Gasteiger partial charge on any atom is 0.124 e. The van der Waals surface area contributed by atoms with Crippen LogP contribution in [-0.2, 0) is 4.74 Å². The van der Waals surface area contributed by atoms with Crippen molar-refractivity contribution in [2.24, 2.45) is 0 Å². The Bertz CT molecular complexity index is 354. The summed E-state index contributed by atoms with van der Waals surface area (Å²) in [6, 6.07) is 8.39. The fourth-order valence-electron chi connectivity index (χ4n) is 2.19. The van der Waals surface area contributed by atoms with E-state index in [1.807, 2.05) is 19.1 Å². The van der Waals surface area contributed by atoms with Crippen LogP contribution in [0.3, 0.4) is 0 Å². The van der Waals surface area contributed by atoms with E-state index in [-0.39, 0.29) is 12.1 Å². The summed E-state index contributed by atoms with van der Waals surface area (Å²) in [6.45, 7) is 10.7. The van der Waals surface area contributed by atoms with Crippen LogP contribution in [0.25, 0.3) is 0 Å². The van der Waals surface area contributed by atoms with Gasteiger partial charge in [0.15, 0.2) is 0 Å². The zero-order valence-electron chi connectivity index (χ0n) is 12.6. The molecule has 108 valence electrons. The van der Waals surface area contributed by atoms with Crippen molar-refractivity contribution < 1.29 is 9.47 Å². The summed E-state index contributed by atoms with van der Waals surface area (Å²) in [5.41, 5.74) is 1.18. The molecule has 0 fully saturated rings. The number of likely N-dealkylation sites (N-methyl/N-ethyl adjacent to an activating group) is 1. The van der Waals surface area contributed by atoms with E-state index in [0.717, 1.165) is 31.9 Å². The van der Waals surface area contributed by atoms with Crippen LogP contribution in [0.5, 0.6) is 5.75 Å². The monoisotopic (exact) mass is 265 g/mol. The van der Waals surface area contributed by atoms with Crippen molar-refractivity contribution in [2.75, 3.05) is 19.8 Å². The third-order valence-corrected chi connectivity index (χ3v) is 3.04. The van der Waals surface area contributed by atoms with E-state index < -0.39 is 0 Å². The van der Waals surface area contributed by atoms with Crippen LogP contribution in [0, 0.1) is 0 Å². The van der Waals surface area contributed by atoms with Gasteiger partial charge in [-0.05, 0) is 32.9 Å². The molecule has 0 saturated carbocycles. The number of hydrogen-bond donors (Lipinski definition) is 1. The van der Waals surface area contributed by atoms with E-state index in [1.165, 1.54) is 5.56 Å². The molecule has 19 heavy (non-hydrogen) atoms. The summed E-state index contributed by atoms with van der Waals surface area (Å²) in [5, 5.41) is 3.50. The van der Waals surface area contributed by atoms with Gasteiger partial charge in [0.2, 0.25) is 0 Å². The van der Waals surface area contributed by atoms with Gasteiger partial charge in [-0.2, -0.15) is 0 Å². The van der Waals surface area contributed by atoms with Gasteiger partial charge in [-0.25, -0.2) is 0 Å². The van der Waals surface area contributed by atoms with Crippen LogP contribution in [0.2, 0.25) is 0 Å². The lowest BCUT2D eigenvalue weighted by Crippen LogP contribution is -2.32. The molecule has 0 aliphatic heterocycles. The zero-order valence-corrected chi connectivity index (χ0v) is 12.6. The van der Waals surface area contributed by atoms with Gasteiger partial charge in [0.05, 0.1) is 18.8 Å². The Morgan fingerprint density at radius 2 is 1.89 bits per heavy atom. The van der Waals surface area contributed by atoms with Crippen LogP contribution < -0.4 is 10.1 Å². The van der Waals surface area contributed by atoms with Crippen molar-refractivity contribution in [3.63, 3.8) is 0 Å². The third-order valence-electron chi connectivity index (χ3n) is 3.04. The highest BCUT2D eigenvalue weighted by atomic mass is 16.5. The van der Waals surface area contributed by atoms with E-state index in [9.17, 15) is 0 Å². The molecule has 0 aliphatic carbocycles. The second kappa shape index (κ2) is 8.94. The molecule has 1 aromatic rings. The van der Waals surface area contributed by atoms with Crippen molar-refractivity contribution in [3.05, 3.63) is 29.8 Å². The molecule has 0 heterocycles. The Morgan fingerprint density at radius 3 is 2.53 bits per heavy atom. The molecule has 2 atom stereocenters. The highest BCUT2D eigenvalue weighted by Gasteiger charge is 2.21. The first kappa shape index (κ1) is 16.0. The van der Waals surface area contributed by atoms with Crippen molar-refractivity contribution in [3.8, 4) is 5.75 Å². The fraction of sp³-hybridized carbons (Fsp3) is 0.625. The molecule has 1 aromatic carbocycles. The van der Waals surface area contributed by atoms with E-state index in [1.54, 1.807) is 0 Å². The van der Waals surface area contributed by atoms with E-state index >= 15 is 0 Å². The van der Waals surface area contributed by atoms with Crippen LogP contribution in [0.15, 0.2) is 24.3 Å². The summed E-state index contributed by atoms with van der Waals surface area (Å²) in [6.07, 6.45) is 1.14. The fourth-order valence-corrected chi connectivity index (χ4v) is 2.19. The van der Waals surface area contributed by atoms with Gasteiger partial charge in [-0.1, -0.05) is 32.0 Å². The first-order valence-electron chi connectivity index (χ1n) is 7.31. The lowest BCUT2D eigenvalue weighted by molar-refractivity contribution is 0.0468. The van der Waals surface area contributed by atoms with Crippen molar-refractivity contribution in [1.82, 2.24) is 5.32 Å². The Labute approximate surface area is 117 Å². The zero-order chi connectivity index (χ0) is 14.1. The van der Waals surface area contributed by atoms with Crippen molar-refractivity contribution in [2.45, 2.75) is 46.3 Å². The lowest BCUT2D eigenvalue weighted by atomic mass is 10.0. The second-order valence-electron chi connectivity index (χ2n) is 4.58. The number of benzene rings is 1. The summed E-state index contributed by atoms with van der Waals surface area (Å²) in [5.74, 6) is 0.960. The molecule has 0 aliphatic rings. The maximum atomic E-state index is 5.85. The summed E-state index contributed by atoms with van der Waals surface area (Å²) < 4.78 is 11.6. The van der Waals surface area contributed by atoms with Crippen LogP contribution >= 0.6 is 0 Å². The summed E-state index contributed by atoms with van der Waals surface area (Å²) in [7, 11) is 0. The van der Waals surface area contributed by atoms with Crippen LogP contribution in [-0.4, -0.2) is 25.9 Å². The second-order valence-corrected chi connectivity index (χ2v) is 4.58. The standard InChI is InChI=1S/C16H27NO2/c1-5-12-19-15-11-9-8-10-14(15)16(17-6-2)13(4)18-7-3/h8-11,13,16-17H,5-7,12H2,1-4H3. The average molecular weight is 265 g/mol. The molecule has 0 spiro atoms. The first-order chi connectivity index (χ1) is 9.24. The van der Waals surface area contributed by atoms with Crippen LogP contribution in [0.4, 0.5) is 0 Å².